The summed E-state index contributed by atoms with van der Waals surface area (Å²) in [4.78, 5) is -0.356. The van der Waals surface area contributed by atoms with Crippen molar-refractivity contribution in [3.63, 3.8) is 0 Å². The predicted octanol–water partition coefficient (Wildman–Crippen LogP) is 3.70. The van der Waals surface area contributed by atoms with E-state index in [4.69, 9.17) is 11.6 Å². The molecule has 0 spiro atoms. The molecule has 21 heavy (non-hydrogen) atoms. The van der Waals surface area contributed by atoms with Gasteiger partial charge >= 0.3 is 6.18 Å². The molecule has 3 nitrogen and oxygen atoms in total. The summed E-state index contributed by atoms with van der Waals surface area (Å²) in [6, 6.07) is 2.72. The predicted molar refractivity (Wildman–Crippen MR) is 75.9 cm³/mol. The van der Waals surface area contributed by atoms with Gasteiger partial charge in [-0.1, -0.05) is 13.0 Å². The summed E-state index contributed by atoms with van der Waals surface area (Å²) in [7, 11) is -4.02. The highest BCUT2D eigenvalue weighted by Crippen LogP contribution is 2.34. The van der Waals surface area contributed by atoms with Crippen LogP contribution in [0.1, 0.15) is 30.9 Å². The van der Waals surface area contributed by atoms with Gasteiger partial charge in [0.05, 0.1) is 10.5 Å². The largest absolute Gasteiger partial charge is 0.416 e. The van der Waals surface area contributed by atoms with E-state index < -0.39 is 27.8 Å². The Morgan fingerprint density at radius 2 is 1.95 bits per heavy atom. The van der Waals surface area contributed by atoms with Gasteiger partial charge in [-0.3, -0.25) is 0 Å². The lowest BCUT2D eigenvalue weighted by atomic mass is 10.1. The van der Waals surface area contributed by atoms with Crippen molar-refractivity contribution in [3.8, 4) is 0 Å². The summed E-state index contributed by atoms with van der Waals surface area (Å²) in [6.07, 6.45) is -3.67. The van der Waals surface area contributed by atoms with Crippen LogP contribution in [0.4, 0.5) is 13.2 Å². The Labute approximate surface area is 127 Å². The molecule has 120 valence electrons. The molecule has 0 heterocycles. The fourth-order valence-corrected chi connectivity index (χ4v) is 3.86. The number of nitrogens with one attached hydrogen (secondary N) is 1. The average Bonchev–Trinajstić information content (AvgIpc) is 2.36. The lowest BCUT2D eigenvalue weighted by Gasteiger charge is -2.18. The standard InChI is InChI=1S/C13H17ClF3NO2S/c1-3-10(7-8-14)18-21(19,20)12-6-4-5-11(9(12)2)13(15,16)17/h4-6,10,18H,3,7-8H2,1-2H3. The van der Waals surface area contributed by atoms with Gasteiger partial charge in [-0.25, -0.2) is 13.1 Å². The van der Waals surface area contributed by atoms with Gasteiger partial charge < -0.3 is 0 Å². The fraction of sp³-hybridized carbons (Fsp3) is 0.538. The van der Waals surface area contributed by atoms with E-state index in [0.29, 0.717) is 12.8 Å². The van der Waals surface area contributed by atoms with Crippen molar-refractivity contribution in [3.05, 3.63) is 29.3 Å². The summed E-state index contributed by atoms with van der Waals surface area (Å²) in [5.74, 6) is 0.266. The van der Waals surface area contributed by atoms with E-state index in [0.717, 1.165) is 19.1 Å². The highest BCUT2D eigenvalue weighted by molar-refractivity contribution is 7.89. The van der Waals surface area contributed by atoms with Crippen molar-refractivity contribution in [2.45, 2.75) is 43.8 Å². The van der Waals surface area contributed by atoms with Crippen LogP contribution in [0.5, 0.6) is 0 Å². The molecule has 0 saturated heterocycles. The maximum Gasteiger partial charge on any atom is 0.416 e. The molecule has 1 atom stereocenters. The Kier molecular flexibility index (Phi) is 6.07. The number of rotatable bonds is 6. The van der Waals surface area contributed by atoms with E-state index in [-0.39, 0.29) is 16.3 Å². The second-order valence-corrected chi connectivity index (χ2v) is 6.69. The van der Waals surface area contributed by atoms with Crippen LogP contribution in [-0.2, 0) is 16.2 Å². The van der Waals surface area contributed by atoms with Gasteiger partial charge in [-0.2, -0.15) is 13.2 Å². The van der Waals surface area contributed by atoms with Crippen molar-refractivity contribution in [2.75, 3.05) is 5.88 Å². The second-order valence-electron chi connectivity index (χ2n) is 4.63. The van der Waals surface area contributed by atoms with Gasteiger partial charge in [0, 0.05) is 11.9 Å². The summed E-state index contributed by atoms with van der Waals surface area (Å²) < 4.78 is 65.4. The van der Waals surface area contributed by atoms with Gasteiger partial charge in [0.2, 0.25) is 10.0 Å². The maximum atomic E-state index is 12.8. The quantitative estimate of drug-likeness (QED) is 0.800. The van der Waals surface area contributed by atoms with E-state index in [1.54, 1.807) is 6.92 Å². The monoisotopic (exact) mass is 343 g/mol. The third-order valence-electron chi connectivity index (χ3n) is 3.15. The minimum absolute atomic E-state index is 0.266. The molecule has 0 saturated carbocycles. The summed E-state index contributed by atoms with van der Waals surface area (Å²) in [5, 5.41) is 0. The zero-order valence-electron chi connectivity index (χ0n) is 11.7. The van der Waals surface area contributed by atoms with Crippen molar-refractivity contribution in [2.24, 2.45) is 0 Å². The molecular weight excluding hydrogens is 327 g/mol. The van der Waals surface area contributed by atoms with Gasteiger partial charge in [-0.15, -0.1) is 11.6 Å². The first kappa shape index (κ1) is 18.3. The van der Waals surface area contributed by atoms with Crippen LogP contribution < -0.4 is 4.72 Å². The highest BCUT2D eigenvalue weighted by atomic mass is 35.5. The van der Waals surface area contributed by atoms with Crippen molar-refractivity contribution in [1.29, 1.82) is 0 Å². The van der Waals surface area contributed by atoms with E-state index in [9.17, 15) is 21.6 Å². The Hall–Kier alpha value is -0.790. The molecule has 0 fully saturated rings. The lowest BCUT2D eigenvalue weighted by Crippen LogP contribution is -2.35. The molecule has 1 aromatic carbocycles. The van der Waals surface area contributed by atoms with Crippen LogP contribution in [0.2, 0.25) is 0 Å². The van der Waals surface area contributed by atoms with E-state index in [2.05, 4.69) is 4.72 Å². The average molecular weight is 344 g/mol. The molecule has 0 bridgehead atoms. The number of benzene rings is 1. The van der Waals surface area contributed by atoms with E-state index >= 15 is 0 Å². The maximum absolute atomic E-state index is 12.8. The Balaban J connectivity index is 3.21. The van der Waals surface area contributed by atoms with E-state index in [1.807, 2.05) is 0 Å². The normalized spacial score (nSPS) is 14.2. The Bertz CT molecular complexity index is 588. The molecule has 0 aliphatic rings. The number of halogens is 4. The van der Waals surface area contributed by atoms with Crippen molar-refractivity contribution < 1.29 is 21.6 Å². The molecule has 0 aromatic heterocycles. The molecule has 0 amide bonds. The third kappa shape index (κ3) is 4.59. The smallest absolute Gasteiger partial charge is 0.208 e. The Morgan fingerprint density at radius 3 is 2.43 bits per heavy atom. The van der Waals surface area contributed by atoms with Crippen LogP contribution in [-0.4, -0.2) is 20.3 Å². The third-order valence-corrected chi connectivity index (χ3v) is 5.03. The minimum Gasteiger partial charge on any atom is -0.208 e. The van der Waals surface area contributed by atoms with Gasteiger partial charge in [0.25, 0.3) is 0 Å². The number of hydrogen-bond acceptors (Lipinski definition) is 2. The zero-order chi connectivity index (χ0) is 16.3. The van der Waals surface area contributed by atoms with Crippen LogP contribution >= 0.6 is 11.6 Å². The first-order valence-electron chi connectivity index (χ1n) is 6.38. The summed E-state index contributed by atoms with van der Waals surface area (Å²) >= 11 is 5.58. The molecule has 1 rings (SSSR count). The molecule has 0 aliphatic heterocycles. The number of hydrogen-bond donors (Lipinski definition) is 1. The summed E-state index contributed by atoms with van der Waals surface area (Å²) in [6.45, 7) is 2.93. The van der Waals surface area contributed by atoms with Crippen molar-refractivity contribution >= 4 is 21.6 Å². The van der Waals surface area contributed by atoms with E-state index in [1.165, 1.54) is 6.07 Å². The lowest BCUT2D eigenvalue weighted by molar-refractivity contribution is -0.138. The summed E-state index contributed by atoms with van der Waals surface area (Å²) in [5.41, 5.74) is -1.26. The van der Waals surface area contributed by atoms with Gasteiger partial charge in [-0.05, 0) is 37.5 Å². The first-order chi connectivity index (χ1) is 9.63. The number of sulfonamides is 1. The van der Waals surface area contributed by atoms with Crippen LogP contribution in [0.15, 0.2) is 23.1 Å². The molecule has 1 N–H and O–H groups in total. The number of alkyl halides is 4. The molecule has 0 radical (unpaired) electrons. The fourth-order valence-electron chi connectivity index (χ4n) is 1.97. The first-order valence-corrected chi connectivity index (χ1v) is 8.40. The topological polar surface area (TPSA) is 46.2 Å². The Morgan fingerprint density at radius 1 is 1.33 bits per heavy atom. The highest BCUT2D eigenvalue weighted by Gasteiger charge is 2.34. The SMILES string of the molecule is CCC(CCCl)NS(=O)(=O)c1cccc(C(F)(F)F)c1C. The molecule has 8 heteroatoms. The van der Waals surface area contributed by atoms with Crippen LogP contribution in [0, 0.1) is 6.92 Å². The molecular formula is C13H17ClF3NO2S. The van der Waals surface area contributed by atoms with Crippen molar-refractivity contribution in [1.82, 2.24) is 4.72 Å². The van der Waals surface area contributed by atoms with Gasteiger partial charge in [0.1, 0.15) is 0 Å². The molecule has 1 aromatic rings. The van der Waals surface area contributed by atoms with Crippen LogP contribution in [0.25, 0.3) is 0 Å². The molecule has 0 aliphatic carbocycles. The minimum atomic E-state index is -4.59. The second kappa shape index (κ2) is 6.98. The van der Waals surface area contributed by atoms with Gasteiger partial charge in [0.15, 0.2) is 0 Å². The molecule has 1 unspecified atom stereocenters. The zero-order valence-corrected chi connectivity index (χ0v) is 13.2. The van der Waals surface area contributed by atoms with Crippen LogP contribution in [0.3, 0.4) is 0 Å².